The molecule has 3 atom stereocenters. The third-order valence-electron chi connectivity index (χ3n) is 6.34. The van der Waals surface area contributed by atoms with Crippen molar-refractivity contribution in [2.45, 2.75) is 38.3 Å². The Morgan fingerprint density at radius 3 is 2.71 bits per heavy atom. The summed E-state index contributed by atoms with van der Waals surface area (Å²) in [7, 11) is 2.86. The highest BCUT2D eigenvalue weighted by molar-refractivity contribution is 5.89. The summed E-state index contributed by atoms with van der Waals surface area (Å²) in [5.41, 5.74) is 4.67. The number of ether oxygens (including phenoxy) is 3. The molecule has 0 aliphatic carbocycles. The first-order valence-corrected chi connectivity index (χ1v) is 11.4. The Balaban J connectivity index is 1.55. The molecule has 5 nitrogen and oxygen atoms in total. The summed E-state index contributed by atoms with van der Waals surface area (Å²) >= 11 is 0. The molecule has 0 aromatic heterocycles. The van der Waals surface area contributed by atoms with Crippen molar-refractivity contribution in [1.82, 2.24) is 5.32 Å². The number of hydrogen-bond acceptors (Lipinski definition) is 5. The molecule has 1 heterocycles. The molecular weight excluding hydrogens is 433 g/mol. The molecule has 4 rings (SSSR count). The molecule has 3 aromatic rings. The van der Waals surface area contributed by atoms with Crippen molar-refractivity contribution in [1.29, 1.82) is 0 Å². The largest absolute Gasteiger partial charge is 0.494 e. The van der Waals surface area contributed by atoms with Gasteiger partial charge in [0, 0.05) is 24.1 Å². The molecule has 0 bridgehead atoms. The number of methoxy groups -OCH3 is 2. The molecule has 0 saturated heterocycles. The fourth-order valence-corrected chi connectivity index (χ4v) is 4.56. The maximum atomic E-state index is 13.8. The van der Waals surface area contributed by atoms with Crippen LogP contribution < -0.4 is 14.8 Å². The lowest BCUT2D eigenvalue weighted by atomic mass is 9.83. The molecule has 6 heteroatoms. The van der Waals surface area contributed by atoms with Crippen molar-refractivity contribution in [2.24, 2.45) is 0 Å². The number of aryl methyl sites for hydroxylation is 1. The Morgan fingerprint density at radius 1 is 1.15 bits per heavy atom. The first-order chi connectivity index (χ1) is 16.4. The average molecular weight is 464 g/mol. The Morgan fingerprint density at radius 2 is 1.94 bits per heavy atom. The first kappa shape index (κ1) is 23.8. The lowest BCUT2D eigenvalue weighted by Crippen LogP contribution is -2.37. The Labute approximate surface area is 199 Å². The Bertz CT molecular complexity index is 1180. The summed E-state index contributed by atoms with van der Waals surface area (Å²) in [6.07, 6.45) is 0.680. The van der Waals surface area contributed by atoms with Crippen molar-refractivity contribution >= 4 is 5.97 Å². The van der Waals surface area contributed by atoms with E-state index >= 15 is 0 Å². The second-order valence-corrected chi connectivity index (χ2v) is 8.71. The lowest BCUT2D eigenvalue weighted by Gasteiger charge is -2.33. The SMILES string of the molecule is COC(=O)c1cc(C)cc(C2CC(CNC(C)c3ccc(F)c(OC)c3)Oc3ccccc32)c1. The highest BCUT2D eigenvalue weighted by Crippen LogP contribution is 2.41. The van der Waals surface area contributed by atoms with Gasteiger partial charge in [-0.3, -0.25) is 0 Å². The number of rotatable bonds is 7. The topological polar surface area (TPSA) is 56.8 Å². The van der Waals surface area contributed by atoms with Crippen LogP contribution in [0.3, 0.4) is 0 Å². The lowest BCUT2D eigenvalue weighted by molar-refractivity contribution is 0.0600. The molecule has 0 amide bonds. The molecule has 1 N–H and O–H groups in total. The van der Waals surface area contributed by atoms with E-state index in [4.69, 9.17) is 14.2 Å². The minimum atomic E-state index is -0.377. The third kappa shape index (κ3) is 5.07. The van der Waals surface area contributed by atoms with Crippen molar-refractivity contribution in [3.8, 4) is 11.5 Å². The number of halogens is 1. The number of para-hydroxylation sites is 1. The number of hydrogen-bond donors (Lipinski definition) is 1. The standard InChI is InChI=1S/C28H30FNO4/c1-17-11-20(13-21(12-17)28(31)33-4)24-15-22(34-26-8-6-5-7-23(24)26)16-30-18(2)19-9-10-25(29)27(14-19)32-3/h5-14,18,22,24,30H,15-16H2,1-4H3. The highest BCUT2D eigenvalue weighted by Gasteiger charge is 2.30. The zero-order chi connectivity index (χ0) is 24.2. The van der Waals surface area contributed by atoms with Gasteiger partial charge < -0.3 is 19.5 Å². The molecule has 34 heavy (non-hydrogen) atoms. The van der Waals surface area contributed by atoms with Crippen LogP contribution in [0.4, 0.5) is 4.39 Å². The maximum absolute atomic E-state index is 13.8. The molecule has 0 spiro atoms. The first-order valence-electron chi connectivity index (χ1n) is 11.4. The molecule has 1 aliphatic heterocycles. The highest BCUT2D eigenvalue weighted by atomic mass is 19.1. The van der Waals surface area contributed by atoms with E-state index in [-0.39, 0.29) is 35.6 Å². The van der Waals surface area contributed by atoms with E-state index in [1.165, 1.54) is 20.3 Å². The van der Waals surface area contributed by atoms with Gasteiger partial charge in [-0.05, 0) is 67.3 Å². The third-order valence-corrected chi connectivity index (χ3v) is 6.34. The van der Waals surface area contributed by atoms with E-state index < -0.39 is 0 Å². The number of fused-ring (bicyclic) bond motifs is 1. The summed E-state index contributed by atoms with van der Waals surface area (Å²) in [5.74, 6) is 0.448. The van der Waals surface area contributed by atoms with Gasteiger partial charge in [0.15, 0.2) is 11.6 Å². The molecular formula is C28H30FNO4. The summed E-state index contributed by atoms with van der Waals surface area (Å²) in [5, 5.41) is 3.52. The Kier molecular flexibility index (Phi) is 7.17. The van der Waals surface area contributed by atoms with Gasteiger partial charge in [0.2, 0.25) is 0 Å². The molecule has 3 aromatic carbocycles. The van der Waals surface area contributed by atoms with Gasteiger partial charge in [0.05, 0.1) is 19.8 Å². The quantitative estimate of drug-likeness (QED) is 0.465. The van der Waals surface area contributed by atoms with Crippen LogP contribution in [-0.4, -0.2) is 32.8 Å². The van der Waals surface area contributed by atoms with Crippen LogP contribution in [0.1, 0.15) is 57.9 Å². The van der Waals surface area contributed by atoms with E-state index in [0.29, 0.717) is 12.1 Å². The average Bonchev–Trinajstić information content (AvgIpc) is 2.86. The normalized spacial score (nSPS) is 17.9. The van der Waals surface area contributed by atoms with Crippen LogP contribution in [0.2, 0.25) is 0 Å². The molecule has 1 aliphatic rings. The number of esters is 1. The van der Waals surface area contributed by atoms with Gasteiger partial charge in [-0.15, -0.1) is 0 Å². The zero-order valence-corrected chi connectivity index (χ0v) is 19.9. The maximum Gasteiger partial charge on any atom is 0.337 e. The Hall–Kier alpha value is -3.38. The van der Waals surface area contributed by atoms with Crippen molar-refractivity contribution in [3.05, 3.63) is 94.3 Å². The summed E-state index contributed by atoms with van der Waals surface area (Å²) < 4.78 is 30.2. The van der Waals surface area contributed by atoms with E-state index in [0.717, 1.165) is 34.4 Å². The van der Waals surface area contributed by atoms with Crippen LogP contribution >= 0.6 is 0 Å². The van der Waals surface area contributed by atoms with Gasteiger partial charge in [-0.25, -0.2) is 9.18 Å². The van der Waals surface area contributed by atoms with Gasteiger partial charge in [0.1, 0.15) is 11.9 Å². The molecule has 0 fully saturated rings. The van der Waals surface area contributed by atoms with Gasteiger partial charge >= 0.3 is 5.97 Å². The number of nitrogens with one attached hydrogen (secondary N) is 1. The van der Waals surface area contributed by atoms with Crippen molar-refractivity contribution in [3.63, 3.8) is 0 Å². The smallest absolute Gasteiger partial charge is 0.337 e. The summed E-state index contributed by atoms with van der Waals surface area (Å²) in [6.45, 7) is 4.63. The second kappa shape index (κ2) is 10.3. The van der Waals surface area contributed by atoms with Crippen LogP contribution in [0.25, 0.3) is 0 Å². The van der Waals surface area contributed by atoms with Crippen LogP contribution in [0.15, 0.2) is 60.7 Å². The molecule has 3 unspecified atom stereocenters. The van der Waals surface area contributed by atoms with Crippen molar-refractivity contribution in [2.75, 3.05) is 20.8 Å². The van der Waals surface area contributed by atoms with Gasteiger partial charge in [-0.1, -0.05) is 30.3 Å². The minimum absolute atomic E-state index is 0.0152. The minimum Gasteiger partial charge on any atom is -0.494 e. The zero-order valence-electron chi connectivity index (χ0n) is 19.9. The molecule has 178 valence electrons. The van der Waals surface area contributed by atoms with Crippen LogP contribution in [0, 0.1) is 12.7 Å². The van der Waals surface area contributed by atoms with Gasteiger partial charge in [-0.2, -0.15) is 0 Å². The van der Waals surface area contributed by atoms with Gasteiger partial charge in [0.25, 0.3) is 0 Å². The predicted octanol–water partition coefficient (Wildman–Crippen LogP) is 5.56. The number of carbonyl (C=O) groups is 1. The molecule has 0 radical (unpaired) electrons. The van der Waals surface area contributed by atoms with Crippen LogP contribution in [-0.2, 0) is 4.74 Å². The van der Waals surface area contributed by atoms with E-state index in [1.807, 2.05) is 44.2 Å². The fourth-order valence-electron chi connectivity index (χ4n) is 4.56. The van der Waals surface area contributed by atoms with E-state index in [1.54, 1.807) is 12.1 Å². The number of benzene rings is 3. The summed E-state index contributed by atoms with van der Waals surface area (Å²) in [6, 6.07) is 18.8. The second-order valence-electron chi connectivity index (χ2n) is 8.71. The summed E-state index contributed by atoms with van der Waals surface area (Å²) in [4.78, 5) is 12.2. The van der Waals surface area contributed by atoms with E-state index in [9.17, 15) is 9.18 Å². The number of carbonyl (C=O) groups excluding carboxylic acids is 1. The monoisotopic (exact) mass is 463 g/mol. The predicted molar refractivity (Wildman–Crippen MR) is 129 cm³/mol. The fraction of sp³-hybridized carbons (Fsp3) is 0.321. The van der Waals surface area contributed by atoms with Crippen LogP contribution in [0.5, 0.6) is 11.5 Å². The van der Waals surface area contributed by atoms with E-state index in [2.05, 4.69) is 17.4 Å². The van der Waals surface area contributed by atoms with Crippen molar-refractivity contribution < 1.29 is 23.4 Å². The molecule has 0 saturated carbocycles.